The Hall–Kier alpha value is -2.78. The van der Waals surface area contributed by atoms with Gasteiger partial charge in [0.1, 0.15) is 5.60 Å². The Bertz CT molecular complexity index is 932. The number of rotatable bonds is 4. The van der Waals surface area contributed by atoms with Crippen LogP contribution in [0.25, 0.3) is 0 Å². The highest BCUT2D eigenvalue weighted by atomic mass is 16.5. The largest absolute Gasteiger partial charge is 0.378 e. The third kappa shape index (κ3) is 2.88. The van der Waals surface area contributed by atoms with Gasteiger partial charge in [-0.2, -0.15) is 0 Å². The van der Waals surface area contributed by atoms with E-state index in [-0.39, 0.29) is 0 Å². The maximum absolute atomic E-state index is 6.59. The molecule has 0 aromatic heterocycles. The molecule has 1 atom stereocenters. The lowest BCUT2D eigenvalue weighted by Crippen LogP contribution is -2.28. The Morgan fingerprint density at radius 2 is 1.30 bits per heavy atom. The monoisotopic (exact) mass is 358 g/mol. The van der Waals surface area contributed by atoms with Crippen LogP contribution in [0.4, 0.5) is 11.4 Å². The second-order valence-corrected chi connectivity index (χ2v) is 7.51. The number of hydrogen-bond acceptors (Lipinski definition) is 3. The van der Waals surface area contributed by atoms with E-state index in [2.05, 4.69) is 111 Å². The molecule has 1 aliphatic rings. The van der Waals surface area contributed by atoms with Crippen LogP contribution in [0.5, 0.6) is 0 Å². The van der Waals surface area contributed by atoms with Crippen molar-refractivity contribution in [2.24, 2.45) is 0 Å². The molecule has 0 fully saturated rings. The zero-order valence-electron chi connectivity index (χ0n) is 16.4. The van der Waals surface area contributed by atoms with Crippen molar-refractivity contribution in [1.82, 2.24) is 0 Å². The first-order valence-corrected chi connectivity index (χ1v) is 9.30. The molecule has 3 nitrogen and oxygen atoms in total. The van der Waals surface area contributed by atoms with E-state index in [0.29, 0.717) is 6.61 Å². The van der Waals surface area contributed by atoms with Crippen LogP contribution >= 0.6 is 0 Å². The zero-order valence-corrected chi connectivity index (χ0v) is 16.4. The second-order valence-electron chi connectivity index (χ2n) is 7.51. The van der Waals surface area contributed by atoms with Crippen molar-refractivity contribution >= 4 is 11.4 Å². The molecule has 1 aliphatic heterocycles. The van der Waals surface area contributed by atoms with Gasteiger partial charge in [-0.15, -0.1) is 0 Å². The van der Waals surface area contributed by atoms with Gasteiger partial charge in [-0.05, 0) is 46.5 Å². The molecule has 0 spiro atoms. The fraction of sp³-hybridized carbons (Fsp3) is 0.250. The molecule has 27 heavy (non-hydrogen) atoms. The maximum atomic E-state index is 6.59. The minimum Gasteiger partial charge on any atom is -0.378 e. The quantitative estimate of drug-likeness (QED) is 0.676. The Balaban J connectivity index is 1.91. The third-order valence-corrected chi connectivity index (χ3v) is 5.40. The molecule has 0 N–H and O–H groups in total. The average Bonchev–Trinajstić information content (AvgIpc) is 3.08. The van der Waals surface area contributed by atoms with Gasteiger partial charge in [0.2, 0.25) is 0 Å². The van der Waals surface area contributed by atoms with Gasteiger partial charge in [0.15, 0.2) is 0 Å². The minimum atomic E-state index is -0.563. The lowest BCUT2D eigenvalue weighted by atomic mass is 9.80. The first kappa shape index (κ1) is 17.6. The first-order chi connectivity index (χ1) is 13.0. The van der Waals surface area contributed by atoms with Crippen LogP contribution in [0.15, 0.2) is 72.8 Å². The van der Waals surface area contributed by atoms with Gasteiger partial charge >= 0.3 is 0 Å². The predicted octanol–water partition coefficient (Wildman–Crippen LogP) is 4.64. The molecule has 1 heterocycles. The highest BCUT2D eigenvalue weighted by molar-refractivity contribution is 5.59. The molecule has 0 saturated carbocycles. The SMILES string of the molecule is CN(C)c1ccc(C2(c3ccccc3)OCc3cc(N(C)C)ccc32)cc1. The molecule has 3 aromatic rings. The molecular weight excluding hydrogens is 332 g/mol. The predicted molar refractivity (Wildman–Crippen MR) is 113 cm³/mol. The van der Waals surface area contributed by atoms with Crippen LogP contribution < -0.4 is 9.80 Å². The molecule has 0 saturated heterocycles. The Morgan fingerprint density at radius 1 is 0.704 bits per heavy atom. The molecule has 4 rings (SSSR count). The number of anilines is 2. The summed E-state index contributed by atoms with van der Waals surface area (Å²) in [6.45, 7) is 0.612. The van der Waals surface area contributed by atoms with Gasteiger partial charge in [-0.1, -0.05) is 48.5 Å². The molecule has 0 amide bonds. The fourth-order valence-corrected chi connectivity index (χ4v) is 3.90. The van der Waals surface area contributed by atoms with Crippen molar-refractivity contribution < 1.29 is 4.74 Å². The summed E-state index contributed by atoms with van der Waals surface area (Å²) in [5.41, 5.74) is 6.63. The Kier molecular flexibility index (Phi) is 4.40. The van der Waals surface area contributed by atoms with Crippen molar-refractivity contribution in [3.63, 3.8) is 0 Å². The minimum absolute atomic E-state index is 0.563. The van der Waals surface area contributed by atoms with Gasteiger partial charge in [0, 0.05) is 39.6 Å². The topological polar surface area (TPSA) is 15.7 Å². The molecule has 138 valence electrons. The van der Waals surface area contributed by atoms with Crippen molar-refractivity contribution in [2.45, 2.75) is 12.2 Å². The van der Waals surface area contributed by atoms with Crippen LogP contribution in [0.3, 0.4) is 0 Å². The van der Waals surface area contributed by atoms with Gasteiger partial charge in [-0.3, -0.25) is 0 Å². The van der Waals surface area contributed by atoms with E-state index in [1.165, 1.54) is 28.1 Å². The molecule has 0 aliphatic carbocycles. The summed E-state index contributed by atoms with van der Waals surface area (Å²) < 4.78 is 6.59. The summed E-state index contributed by atoms with van der Waals surface area (Å²) in [4.78, 5) is 4.25. The molecule has 3 aromatic carbocycles. The highest BCUT2D eigenvalue weighted by Gasteiger charge is 2.43. The number of hydrogen-bond donors (Lipinski definition) is 0. The molecular formula is C24H26N2O. The van der Waals surface area contributed by atoms with Crippen LogP contribution in [-0.4, -0.2) is 28.2 Å². The summed E-state index contributed by atoms with van der Waals surface area (Å²) >= 11 is 0. The van der Waals surface area contributed by atoms with E-state index >= 15 is 0 Å². The number of nitrogens with zero attached hydrogens (tertiary/aromatic N) is 2. The summed E-state index contributed by atoms with van der Waals surface area (Å²) in [7, 11) is 8.27. The lowest BCUT2D eigenvalue weighted by molar-refractivity contribution is 0.0268. The molecule has 1 unspecified atom stereocenters. The standard InChI is InChI=1S/C24H26N2O/c1-25(2)21-12-10-20(11-13-21)24(19-8-6-5-7-9-19)23-15-14-22(26(3)4)16-18(23)17-27-24/h5-16H,17H2,1-4H3. The van der Waals surface area contributed by atoms with Gasteiger partial charge in [-0.25, -0.2) is 0 Å². The second kappa shape index (κ2) is 6.75. The van der Waals surface area contributed by atoms with E-state index in [9.17, 15) is 0 Å². The first-order valence-electron chi connectivity index (χ1n) is 9.30. The van der Waals surface area contributed by atoms with Crippen LogP contribution in [-0.2, 0) is 16.9 Å². The van der Waals surface area contributed by atoms with Crippen molar-refractivity contribution in [1.29, 1.82) is 0 Å². The normalized spacial score (nSPS) is 18.2. The lowest BCUT2D eigenvalue weighted by Gasteiger charge is -2.31. The van der Waals surface area contributed by atoms with Gasteiger partial charge in [0.25, 0.3) is 0 Å². The van der Waals surface area contributed by atoms with Crippen LogP contribution in [0, 0.1) is 0 Å². The Morgan fingerprint density at radius 3 is 1.93 bits per heavy atom. The summed E-state index contributed by atoms with van der Waals surface area (Å²) in [5, 5.41) is 0. The zero-order chi connectivity index (χ0) is 19.0. The van der Waals surface area contributed by atoms with Crippen LogP contribution in [0.2, 0.25) is 0 Å². The van der Waals surface area contributed by atoms with E-state index in [1.54, 1.807) is 0 Å². The van der Waals surface area contributed by atoms with Crippen molar-refractivity contribution in [3.05, 3.63) is 95.1 Å². The number of ether oxygens (including phenoxy) is 1. The third-order valence-electron chi connectivity index (χ3n) is 5.40. The summed E-state index contributed by atoms with van der Waals surface area (Å²) in [5.74, 6) is 0. The fourth-order valence-electron chi connectivity index (χ4n) is 3.90. The van der Waals surface area contributed by atoms with Gasteiger partial charge < -0.3 is 14.5 Å². The van der Waals surface area contributed by atoms with E-state index in [4.69, 9.17) is 4.74 Å². The molecule has 0 bridgehead atoms. The highest BCUT2D eigenvalue weighted by Crippen LogP contribution is 2.47. The van der Waals surface area contributed by atoms with Crippen molar-refractivity contribution in [2.75, 3.05) is 38.0 Å². The molecule has 3 heteroatoms. The number of benzene rings is 3. The van der Waals surface area contributed by atoms with E-state index < -0.39 is 5.60 Å². The van der Waals surface area contributed by atoms with E-state index in [0.717, 1.165) is 5.56 Å². The Labute approximate surface area is 161 Å². The van der Waals surface area contributed by atoms with Crippen molar-refractivity contribution in [3.8, 4) is 0 Å². The summed E-state index contributed by atoms with van der Waals surface area (Å²) in [6.07, 6.45) is 0. The average molecular weight is 358 g/mol. The summed E-state index contributed by atoms with van der Waals surface area (Å²) in [6, 6.07) is 25.9. The smallest absolute Gasteiger partial charge is 0.144 e. The maximum Gasteiger partial charge on any atom is 0.144 e. The number of fused-ring (bicyclic) bond motifs is 1. The van der Waals surface area contributed by atoms with Crippen LogP contribution in [0.1, 0.15) is 22.3 Å². The molecule has 0 radical (unpaired) electrons. The van der Waals surface area contributed by atoms with Gasteiger partial charge in [0.05, 0.1) is 6.61 Å². The van der Waals surface area contributed by atoms with E-state index in [1.807, 2.05) is 0 Å².